The lowest BCUT2D eigenvalue weighted by Gasteiger charge is -2.15. The van der Waals surface area contributed by atoms with E-state index in [1.54, 1.807) is 55.5 Å². The minimum atomic E-state index is -0.598. The number of hydrogen-bond donors (Lipinski definition) is 1. The van der Waals surface area contributed by atoms with Gasteiger partial charge in [0.15, 0.2) is 11.5 Å². The highest BCUT2D eigenvalue weighted by Crippen LogP contribution is 2.38. The topological polar surface area (TPSA) is 67.9 Å². The van der Waals surface area contributed by atoms with Gasteiger partial charge in [0.1, 0.15) is 18.1 Å². The zero-order valence-corrected chi connectivity index (χ0v) is 19.5. The molecule has 1 heterocycles. The Morgan fingerprint density at radius 2 is 1.82 bits per heavy atom. The van der Waals surface area contributed by atoms with Crippen molar-refractivity contribution >= 4 is 46.9 Å². The van der Waals surface area contributed by atoms with Crippen LogP contribution in [0.4, 0.5) is 14.9 Å². The van der Waals surface area contributed by atoms with E-state index in [9.17, 15) is 14.0 Å². The van der Waals surface area contributed by atoms with Crippen LogP contribution in [-0.4, -0.2) is 18.5 Å². The molecule has 4 rings (SSSR count). The smallest absolute Gasteiger partial charge is 0.333 e. The predicted octanol–water partition coefficient (Wildman–Crippen LogP) is 6.21. The molecule has 0 spiro atoms. The number of halogens is 3. The number of carbonyl (C=O) groups is 2. The molecule has 0 aromatic heterocycles. The van der Waals surface area contributed by atoms with Crippen LogP contribution in [0.3, 0.4) is 0 Å². The number of nitrogens with one attached hydrogen (secondary N) is 1. The van der Waals surface area contributed by atoms with E-state index in [1.807, 2.05) is 0 Å². The summed E-state index contributed by atoms with van der Waals surface area (Å²) in [5, 5.41) is 3.16. The molecule has 0 saturated carbocycles. The first-order chi connectivity index (χ1) is 16.4. The standard InChI is InChI=1S/C25H19Cl2FN2O4/c1-2-33-22-12-15(10-19(27)23(22)34-14-16-6-3-4-9-20(16)28)11-21-24(31)30(25(32)29-21)18-8-5-7-17(26)13-18/h3-13H,2,14H2,1H3,(H,29,32)/b21-11+. The highest BCUT2D eigenvalue weighted by Gasteiger charge is 2.35. The molecule has 0 atom stereocenters. The van der Waals surface area contributed by atoms with Gasteiger partial charge in [0.2, 0.25) is 0 Å². The van der Waals surface area contributed by atoms with Crippen molar-refractivity contribution in [2.75, 3.05) is 11.5 Å². The molecule has 3 aromatic rings. The van der Waals surface area contributed by atoms with E-state index in [1.165, 1.54) is 18.2 Å². The van der Waals surface area contributed by atoms with E-state index >= 15 is 0 Å². The summed E-state index contributed by atoms with van der Waals surface area (Å²) in [6.45, 7) is 2.07. The molecule has 174 valence electrons. The van der Waals surface area contributed by atoms with Crippen molar-refractivity contribution in [1.82, 2.24) is 5.32 Å². The Bertz CT molecular complexity index is 1300. The van der Waals surface area contributed by atoms with Gasteiger partial charge in [-0.05, 0) is 55.0 Å². The Morgan fingerprint density at radius 1 is 1.03 bits per heavy atom. The van der Waals surface area contributed by atoms with E-state index in [-0.39, 0.29) is 23.1 Å². The normalized spacial score (nSPS) is 14.5. The molecule has 0 radical (unpaired) electrons. The van der Waals surface area contributed by atoms with Gasteiger partial charge in [-0.15, -0.1) is 0 Å². The van der Waals surface area contributed by atoms with Gasteiger partial charge in [0, 0.05) is 10.6 Å². The largest absolute Gasteiger partial charge is 0.490 e. The number of imide groups is 1. The molecule has 9 heteroatoms. The lowest BCUT2D eigenvalue weighted by atomic mass is 10.1. The van der Waals surface area contributed by atoms with Gasteiger partial charge in [-0.2, -0.15) is 0 Å². The maximum Gasteiger partial charge on any atom is 0.333 e. The summed E-state index contributed by atoms with van der Waals surface area (Å²) < 4.78 is 25.4. The van der Waals surface area contributed by atoms with E-state index in [4.69, 9.17) is 32.7 Å². The second-order valence-electron chi connectivity index (χ2n) is 7.25. The Kier molecular flexibility index (Phi) is 7.05. The lowest BCUT2D eigenvalue weighted by Crippen LogP contribution is -2.30. The molecular weight excluding hydrogens is 482 g/mol. The number of nitrogens with zero attached hydrogens (tertiary/aromatic N) is 1. The van der Waals surface area contributed by atoms with Crippen molar-refractivity contribution in [3.63, 3.8) is 0 Å². The number of amides is 3. The third-order valence-electron chi connectivity index (χ3n) is 4.92. The Labute approximate surface area is 205 Å². The number of carbonyl (C=O) groups excluding carboxylic acids is 2. The molecule has 1 N–H and O–H groups in total. The minimum Gasteiger partial charge on any atom is -0.490 e. The first-order valence-corrected chi connectivity index (χ1v) is 11.1. The van der Waals surface area contributed by atoms with Crippen LogP contribution >= 0.6 is 23.2 Å². The number of ether oxygens (including phenoxy) is 2. The average Bonchev–Trinajstić information content (AvgIpc) is 3.07. The van der Waals surface area contributed by atoms with Gasteiger partial charge < -0.3 is 14.8 Å². The Balaban J connectivity index is 1.61. The molecule has 6 nitrogen and oxygen atoms in total. The Morgan fingerprint density at radius 3 is 2.56 bits per heavy atom. The predicted molar refractivity (Wildman–Crippen MR) is 129 cm³/mol. The molecule has 1 aliphatic rings. The minimum absolute atomic E-state index is 0.0456. The second-order valence-corrected chi connectivity index (χ2v) is 8.10. The lowest BCUT2D eigenvalue weighted by molar-refractivity contribution is -0.113. The fourth-order valence-corrected chi connectivity index (χ4v) is 3.85. The third-order valence-corrected chi connectivity index (χ3v) is 5.43. The van der Waals surface area contributed by atoms with Crippen LogP contribution in [0.25, 0.3) is 6.08 Å². The summed E-state index contributed by atoms with van der Waals surface area (Å²) in [5.74, 6) is -0.364. The van der Waals surface area contributed by atoms with Crippen LogP contribution in [0, 0.1) is 5.82 Å². The summed E-state index contributed by atoms with van der Waals surface area (Å²) in [6, 6.07) is 15.3. The number of benzene rings is 3. The number of urea groups is 1. The van der Waals surface area contributed by atoms with E-state index in [2.05, 4.69) is 5.32 Å². The van der Waals surface area contributed by atoms with Gasteiger partial charge in [-0.1, -0.05) is 47.5 Å². The second kappa shape index (κ2) is 10.2. The van der Waals surface area contributed by atoms with Gasteiger partial charge in [0.25, 0.3) is 5.91 Å². The van der Waals surface area contributed by atoms with Crippen molar-refractivity contribution in [3.8, 4) is 11.5 Å². The van der Waals surface area contributed by atoms with Crippen molar-refractivity contribution in [3.05, 3.63) is 93.4 Å². The fraction of sp³-hybridized carbons (Fsp3) is 0.120. The zero-order valence-electron chi connectivity index (χ0n) is 18.0. The maximum absolute atomic E-state index is 13.9. The van der Waals surface area contributed by atoms with Crippen LogP contribution in [0.1, 0.15) is 18.1 Å². The summed E-state index contributed by atoms with van der Waals surface area (Å²) >= 11 is 12.4. The molecule has 34 heavy (non-hydrogen) atoms. The summed E-state index contributed by atoms with van der Waals surface area (Å²) in [4.78, 5) is 26.3. The van der Waals surface area contributed by atoms with Crippen molar-refractivity contribution in [2.24, 2.45) is 0 Å². The van der Waals surface area contributed by atoms with Crippen LogP contribution in [0.5, 0.6) is 11.5 Å². The monoisotopic (exact) mass is 500 g/mol. The zero-order chi connectivity index (χ0) is 24.2. The molecule has 1 saturated heterocycles. The quantitative estimate of drug-likeness (QED) is 0.309. The van der Waals surface area contributed by atoms with E-state index < -0.39 is 17.8 Å². The van der Waals surface area contributed by atoms with Gasteiger partial charge in [-0.25, -0.2) is 14.1 Å². The van der Waals surface area contributed by atoms with Crippen molar-refractivity contribution in [2.45, 2.75) is 13.5 Å². The fourth-order valence-electron chi connectivity index (χ4n) is 3.39. The maximum atomic E-state index is 13.9. The Hall–Kier alpha value is -3.55. The molecule has 0 unspecified atom stereocenters. The SMILES string of the molecule is CCOc1cc(/C=C2/NC(=O)N(c3cccc(Cl)c3)C2=O)cc(Cl)c1OCc1ccccc1F. The van der Waals surface area contributed by atoms with Crippen LogP contribution < -0.4 is 19.7 Å². The molecule has 3 aromatic carbocycles. The van der Waals surface area contributed by atoms with Crippen molar-refractivity contribution < 1.29 is 23.5 Å². The third kappa shape index (κ3) is 5.00. The summed E-state index contributed by atoms with van der Waals surface area (Å²) in [7, 11) is 0. The van der Waals surface area contributed by atoms with E-state index in [0.29, 0.717) is 34.2 Å². The number of anilines is 1. The highest BCUT2D eigenvalue weighted by molar-refractivity contribution is 6.33. The molecule has 0 aliphatic carbocycles. The molecule has 3 amide bonds. The first kappa shape index (κ1) is 23.6. The molecule has 0 bridgehead atoms. The van der Waals surface area contributed by atoms with Crippen LogP contribution in [0.15, 0.2) is 66.4 Å². The van der Waals surface area contributed by atoms with Gasteiger partial charge in [0.05, 0.1) is 17.3 Å². The molecule has 1 aliphatic heterocycles. The average molecular weight is 501 g/mol. The van der Waals surface area contributed by atoms with Gasteiger partial charge >= 0.3 is 6.03 Å². The summed E-state index contributed by atoms with van der Waals surface area (Å²) in [6.07, 6.45) is 1.49. The number of rotatable bonds is 7. The van der Waals surface area contributed by atoms with E-state index in [0.717, 1.165) is 4.90 Å². The molecular formula is C25H19Cl2FN2O4. The van der Waals surface area contributed by atoms with Crippen molar-refractivity contribution in [1.29, 1.82) is 0 Å². The van der Waals surface area contributed by atoms with Gasteiger partial charge in [-0.3, -0.25) is 4.79 Å². The summed E-state index contributed by atoms with van der Waals surface area (Å²) in [5.41, 5.74) is 1.28. The highest BCUT2D eigenvalue weighted by atomic mass is 35.5. The van der Waals surface area contributed by atoms with Crippen LogP contribution in [0.2, 0.25) is 10.0 Å². The van der Waals surface area contributed by atoms with Crippen LogP contribution in [-0.2, 0) is 11.4 Å². The number of hydrogen-bond acceptors (Lipinski definition) is 4. The molecule has 1 fully saturated rings. The first-order valence-electron chi connectivity index (χ1n) is 10.3.